The Bertz CT molecular complexity index is 783. The molecular weight excluding hydrogens is 294 g/mol. The van der Waals surface area contributed by atoms with E-state index in [2.05, 4.69) is 10.3 Å². The van der Waals surface area contributed by atoms with Crippen LogP contribution in [0, 0.1) is 0 Å². The van der Waals surface area contributed by atoms with Crippen LogP contribution in [0.3, 0.4) is 0 Å². The van der Waals surface area contributed by atoms with Crippen LogP contribution >= 0.6 is 11.8 Å². The van der Waals surface area contributed by atoms with Crippen LogP contribution in [-0.4, -0.2) is 21.7 Å². The normalized spacial score (nSPS) is 10.8. The molecule has 4 nitrogen and oxygen atoms in total. The first-order valence-electron chi connectivity index (χ1n) is 7.06. The van der Waals surface area contributed by atoms with E-state index in [0.29, 0.717) is 0 Å². The molecule has 0 aliphatic rings. The number of rotatable bonds is 5. The molecule has 5 heteroatoms. The van der Waals surface area contributed by atoms with Gasteiger partial charge in [-0.15, -0.1) is 0 Å². The highest BCUT2D eigenvalue weighted by molar-refractivity contribution is 7.97. The summed E-state index contributed by atoms with van der Waals surface area (Å²) in [5, 5.41) is 2.92. The van der Waals surface area contributed by atoms with Crippen LogP contribution in [0.4, 0.5) is 5.69 Å². The van der Waals surface area contributed by atoms with Gasteiger partial charge in [-0.25, -0.2) is 4.98 Å². The second kappa shape index (κ2) is 6.66. The first kappa shape index (κ1) is 14.7. The number of imidazole rings is 1. The van der Waals surface area contributed by atoms with E-state index < -0.39 is 0 Å². The van der Waals surface area contributed by atoms with Crippen LogP contribution in [0.1, 0.15) is 5.82 Å². The lowest BCUT2D eigenvalue weighted by molar-refractivity contribution is -0.116. The fourth-order valence-electron chi connectivity index (χ4n) is 2.41. The van der Waals surface area contributed by atoms with Crippen molar-refractivity contribution >= 4 is 34.4 Å². The highest BCUT2D eigenvalue weighted by Gasteiger charge is 2.13. The molecule has 3 rings (SSSR count). The third-order valence-corrected chi connectivity index (χ3v) is 3.91. The van der Waals surface area contributed by atoms with Gasteiger partial charge in [0.1, 0.15) is 12.4 Å². The molecule has 0 bridgehead atoms. The molecule has 3 aromatic rings. The van der Waals surface area contributed by atoms with Gasteiger partial charge in [0, 0.05) is 5.69 Å². The largest absolute Gasteiger partial charge is 0.325 e. The molecule has 1 heterocycles. The molecule has 0 aliphatic carbocycles. The van der Waals surface area contributed by atoms with Gasteiger partial charge in [-0.3, -0.25) is 4.79 Å². The lowest BCUT2D eigenvalue weighted by Crippen LogP contribution is -2.20. The summed E-state index contributed by atoms with van der Waals surface area (Å²) in [7, 11) is 0. The molecule has 2 aromatic carbocycles. The van der Waals surface area contributed by atoms with Crippen molar-refractivity contribution in [3.05, 3.63) is 60.4 Å². The molecule has 112 valence electrons. The molecule has 22 heavy (non-hydrogen) atoms. The van der Waals surface area contributed by atoms with Crippen molar-refractivity contribution in [2.45, 2.75) is 12.3 Å². The van der Waals surface area contributed by atoms with Gasteiger partial charge in [0.15, 0.2) is 0 Å². The first-order chi connectivity index (χ1) is 10.8. The van der Waals surface area contributed by atoms with Gasteiger partial charge in [0.05, 0.1) is 16.8 Å². The average Bonchev–Trinajstić information content (AvgIpc) is 2.86. The molecule has 0 saturated carbocycles. The van der Waals surface area contributed by atoms with E-state index in [4.69, 9.17) is 0 Å². The smallest absolute Gasteiger partial charge is 0.244 e. The Morgan fingerprint density at radius 2 is 1.86 bits per heavy atom. The van der Waals surface area contributed by atoms with E-state index >= 15 is 0 Å². The SMILES string of the molecule is CSCc1nc2ccccc2n1CC(=O)Nc1ccccc1. The number of carbonyl (C=O) groups excluding carboxylic acids is 1. The summed E-state index contributed by atoms with van der Waals surface area (Å²) in [4.78, 5) is 16.9. The Balaban J connectivity index is 1.86. The number of nitrogens with one attached hydrogen (secondary N) is 1. The summed E-state index contributed by atoms with van der Waals surface area (Å²) in [6.07, 6.45) is 2.04. The standard InChI is InChI=1S/C17H17N3OS/c1-22-12-16-19-14-9-5-6-10-15(14)20(16)11-17(21)18-13-7-3-2-4-8-13/h2-10H,11-12H2,1H3,(H,18,21). The number of carbonyl (C=O) groups is 1. The third kappa shape index (κ3) is 3.14. The van der Waals surface area contributed by atoms with Crippen molar-refractivity contribution in [1.82, 2.24) is 9.55 Å². The molecular formula is C17H17N3OS. The summed E-state index contributed by atoms with van der Waals surface area (Å²) < 4.78 is 1.99. The number of fused-ring (bicyclic) bond motifs is 1. The maximum Gasteiger partial charge on any atom is 0.244 e. The Kier molecular flexibility index (Phi) is 4.44. The Morgan fingerprint density at radius 1 is 1.14 bits per heavy atom. The zero-order valence-electron chi connectivity index (χ0n) is 12.3. The van der Waals surface area contributed by atoms with E-state index in [9.17, 15) is 4.79 Å². The van der Waals surface area contributed by atoms with E-state index in [1.165, 1.54) is 0 Å². The van der Waals surface area contributed by atoms with E-state index in [1.54, 1.807) is 11.8 Å². The number of thioether (sulfide) groups is 1. The zero-order valence-corrected chi connectivity index (χ0v) is 13.1. The third-order valence-electron chi connectivity index (χ3n) is 3.37. The molecule has 0 spiro atoms. The minimum Gasteiger partial charge on any atom is -0.325 e. The number of nitrogens with zero attached hydrogens (tertiary/aromatic N) is 2. The van der Waals surface area contributed by atoms with Gasteiger partial charge >= 0.3 is 0 Å². The minimum atomic E-state index is -0.0447. The Labute approximate surface area is 133 Å². The maximum absolute atomic E-state index is 12.3. The summed E-state index contributed by atoms with van der Waals surface area (Å²) in [5.74, 6) is 1.67. The van der Waals surface area contributed by atoms with Crippen molar-refractivity contribution in [1.29, 1.82) is 0 Å². The van der Waals surface area contributed by atoms with Gasteiger partial charge < -0.3 is 9.88 Å². The Hall–Kier alpha value is -2.27. The van der Waals surface area contributed by atoms with Crippen molar-refractivity contribution in [3.8, 4) is 0 Å². The summed E-state index contributed by atoms with van der Waals surface area (Å²) in [6.45, 7) is 0.269. The lowest BCUT2D eigenvalue weighted by Gasteiger charge is -2.09. The monoisotopic (exact) mass is 311 g/mol. The van der Waals surface area contributed by atoms with E-state index in [0.717, 1.165) is 28.3 Å². The van der Waals surface area contributed by atoms with Crippen LogP contribution in [0.15, 0.2) is 54.6 Å². The number of amides is 1. The number of anilines is 1. The van der Waals surface area contributed by atoms with Crippen LogP contribution in [0.25, 0.3) is 11.0 Å². The molecule has 0 aliphatic heterocycles. The van der Waals surface area contributed by atoms with Gasteiger partial charge in [-0.05, 0) is 30.5 Å². The number of benzene rings is 2. The van der Waals surface area contributed by atoms with Gasteiger partial charge in [0.2, 0.25) is 5.91 Å². The van der Waals surface area contributed by atoms with E-state index in [1.807, 2.05) is 65.4 Å². The Morgan fingerprint density at radius 3 is 2.64 bits per heavy atom. The predicted octanol–water partition coefficient (Wildman–Crippen LogP) is 3.54. The van der Waals surface area contributed by atoms with Crippen LogP contribution < -0.4 is 5.32 Å². The van der Waals surface area contributed by atoms with Crippen molar-refractivity contribution in [2.75, 3.05) is 11.6 Å². The van der Waals surface area contributed by atoms with Crippen molar-refractivity contribution < 1.29 is 4.79 Å². The summed E-state index contributed by atoms with van der Waals surface area (Å²) in [6, 6.07) is 17.4. The number of hydrogen-bond acceptors (Lipinski definition) is 3. The summed E-state index contributed by atoms with van der Waals surface area (Å²) in [5.41, 5.74) is 2.73. The molecule has 0 radical (unpaired) electrons. The van der Waals surface area contributed by atoms with Crippen LogP contribution in [0.2, 0.25) is 0 Å². The van der Waals surface area contributed by atoms with Gasteiger partial charge in [-0.2, -0.15) is 11.8 Å². The fourth-order valence-corrected chi connectivity index (χ4v) is 2.89. The first-order valence-corrected chi connectivity index (χ1v) is 8.45. The molecule has 1 amide bonds. The van der Waals surface area contributed by atoms with Gasteiger partial charge in [0.25, 0.3) is 0 Å². The molecule has 0 unspecified atom stereocenters. The lowest BCUT2D eigenvalue weighted by atomic mass is 10.3. The van der Waals surface area contributed by atoms with Crippen LogP contribution in [-0.2, 0) is 17.1 Å². The molecule has 0 atom stereocenters. The number of para-hydroxylation sites is 3. The van der Waals surface area contributed by atoms with Crippen LogP contribution in [0.5, 0.6) is 0 Å². The van der Waals surface area contributed by atoms with Crippen molar-refractivity contribution in [3.63, 3.8) is 0 Å². The highest BCUT2D eigenvalue weighted by Crippen LogP contribution is 2.19. The van der Waals surface area contributed by atoms with Crippen molar-refractivity contribution in [2.24, 2.45) is 0 Å². The second-order valence-electron chi connectivity index (χ2n) is 4.95. The minimum absolute atomic E-state index is 0.0447. The predicted molar refractivity (Wildman–Crippen MR) is 92.0 cm³/mol. The number of hydrogen-bond donors (Lipinski definition) is 1. The molecule has 1 aromatic heterocycles. The molecule has 1 N–H and O–H groups in total. The fraction of sp³-hybridized carbons (Fsp3) is 0.176. The highest BCUT2D eigenvalue weighted by atomic mass is 32.2. The number of aromatic nitrogens is 2. The summed E-state index contributed by atoms with van der Waals surface area (Å²) >= 11 is 1.70. The topological polar surface area (TPSA) is 46.9 Å². The average molecular weight is 311 g/mol. The molecule has 0 fully saturated rings. The second-order valence-corrected chi connectivity index (χ2v) is 5.82. The zero-order chi connectivity index (χ0) is 15.4. The quantitative estimate of drug-likeness (QED) is 0.784. The maximum atomic E-state index is 12.3. The van der Waals surface area contributed by atoms with E-state index in [-0.39, 0.29) is 12.5 Å². The molecule has 0 saturated heterocycles. The van der Waals surface area contributed by atoms with Gasteiger partial charge in [-0.1, -0.05) is 30.3 Å².